The number of carbonyl (C=O) groups excluding carboxylic acids is 1. The van der Waals surface area contributed by atoms with E-state index >= 15 is 0 Å². The Balaban J connectivity index is 1.66. The third-order valence-electron chi connectivity index (χ3n) is 3.90. The van der Waals surface area contributed by atoms with Crippen molar-refractivity contribution in [2.75, 3.05) is 27.2 Å². The Hall–Kier alpha value is -2.40. The largest absolute Gasteiger partial charge is 0.476 e. The molecule has 120 valence electrons. The minimum absolute atomic E-state index is 0.0149. The molecule has 2 heterocycles. The van der Waals surface area contributed by atoms with Gasteiger partial charge in [-0.25, -0.2) is 4.98 Å². The highest BCUT2D eigenvalue weighted by atomic mass is 16.5. The molecule has 0 bridgehead atoms. The van der Waals surface area contributed by atoms with Gasteiger partial charge in [0.15, 0.2) is 0 Å². The minimum Gasteiger partial charge on any atom is -0.476 e. The fourth-order valence-electron chi connectivity index (χ4n) is 2.61. The zero-order valence-corrected chi connectivity index (χ0v) is 13.5. The van der Waals surface area contributed by atoms with Gasteiger partial charge >= 0.3 is 0 Å². The molecule has 1 amide bonds. The van der Waals surface area contributed by atoms with Crippen molar-refractivity contribution < 1.29 is 9.53 Å². The average molecular weight is 311 g/mol. The van der Waals surface area contributed by atoms with E-state index in [0.29, 0.717) is 31.1 Å². The van der Waals surface area contributed by atoms with E-state index in [1.54, 1.807) is 18.3 Å². The van der Waals surface area contributed by atoms with Crippen LogP contribution < -0.4 is 4.74 Å². The topological polar surface area (TPSA) is 45.7 Å². The number of fused-ring (bicyclic) bond motifs is 1. The quantitative estimate of drug-likeness (QED) is 0.849. The van der Waals surface area contributed by atoms with Crippen molar-refractivity contribution in [3.8, 4) is 5.88 Å². The predicted molar refractivity (Wildman–Crippen MR) is 88.3 cm³/mol. The molecule has 0 aliphatic carbocycles. The van der Waals surface area contributed by atoms with Gasteiger partial charge in [-0.05, 0) is 31.3 Å². The van der Waals surface area contributed by atoms with Crippen molar-refractivity contribution in [2.45, 2.75) is 13.1 Å². The van der Waals surface area contributed by atoms with Crippen LogP contribution in [0.2, 0.25) is 0 Å². The zero-order chi connectivity index (χ0) is 16.2. The number of likely N-dealkylation sites (N-methyl/N-ethyl adjacent to an activating group) is 1. The molecule has 0 spiro atoms. The second-order valence-electron chi connectivity index (χ2n) is 5.96. The molecule has 1 aromatic heterocycles. The molecule has 0 N–H and O–H groups in total. The lowest BCUT2D eigenvalue weighted by atomic mass is 10.1. The first-order valence-corrected chi connectivity index (χ1v) is 7.73. The van der Waals surface area contributed by atoms with Gasteiger partial charge in [-0.3, -0.25) is 4.79 Å². The number of nitrogens with zero attached hydrogens (tertiary/aromatic N) is 3. The Morgan fingerprint density at radius 3 is 2.57 bits per heavy atom. The standard InChI is InChI=1S/C18H21N3O2/c1-20(2)9-10-23-17-11-14(7-8-19-17)18(22)21-12-15-5-3-4-6-16(15)13-21/h3-8,11H,9-10,12-13H2,1-2H3. The summed E-state index contributed by atoms with van der Waals surface area (Å²) in [7, 11) is 3.98. The highest BCUT2D eigenvalue weighted by Crippen LogP contribution is 2.24. The van der Waals surface area contributed by atoms with Crippen LogP contribution in [0.25, 0.3) is 0 Å². The summed E-state index contributed by atoms with van der Waals surface area (Å²) in [6, 6.07) is 11.6. The lowest BCUT2D eigenvalue weighted by Gasteiger charge is -2.16. The molecule has 0 atom stereocenters. The molecule has 1 aliphatic rings. The molecule has 0 saturated carbocycles. The maximum Gasteiger partial charge on any atom is 0.254 e. The van der Waals surface area contributed by atoms with Crippen molar-refractivity contribution in [1.82, 2.24) is 14.8 Å². The van der Waals surface area contributed by atoms with E-state index in [2.05, 4.69) is 17.1 Å². The molecule has 0 fully saturated rings. The fraction of sp³-hybridized carbons (Fsp3) is 0.333. The number of hydrogen-bond donors (Lipinski definition) is 0. The molecule has 2 aromatic rings. The molecular weight excluding hydrogens is 290 g/mol. The van der Waals surface area contributed by atoms with Gasteiger partial charge in [0.1, 0.15) is 6.61 Å². The zero-order valence-electron chi connectivity index (χ0n) is 13.5. The van der Waals surface area contributed by atoms with Crippen LogP contribution in [0, 0.1) is 0 Å². The normalized spacial score (nSPS) is 13.3. The number of aromatic nitrogens is 1. The van der Waals surface area contributed by atoms with Crippen LogP contribution in [0.3, 0.4) is 0 Å². The first-order valence-electron chi connectivity index (χ1n) is 7.73. The van der Waals surface area contributed by atoms with Crippen LogP contribution in [-0.4, -0.2) is 47.9 Å². The first kappa shape index (κ1) is 15.5. The lowest BCUT2D eigenvalue weighted by molar-refractivity contribution is 0.0750. The number of rotatable bonds is 5. The van der Waals surface area contributed by atoms with E-state index in [1.165, 1.54) is 11.1 Å². The van der Waals surface area contributed by atoms with Crippen LogP contribution in [-0.2, 0) is 13.1 Å². The van der Waals surface area contributed by atoms with Crippen molar-refractivity contribution >= 4 is 5.91 Å². The van der Waals surface area contributed by atoms with Gasteiger partial charge in [-0.1, -0.05) is 24.3 Å². The molecule has 5 nitrogen and oxygen atoms in total. The Bertz CT molecular complexity index is 675. The van der Waals surface area contributed by atoms with Gasteiger partial charge in [0.05, 0.1) is 0 Å². The summed E-state index contributed by atoms with van der Waals surface area (Å²) in [6.07, 6.45) is 1.63. The summed E-state index contributed by atoms with van der Waals surface area (Å²) in [5.41, 5.74) is 3.06. The SMILES string of the molecule is CN(C)CCOc1cc(C(=O)N2Cc3ccccc3C2)ccn1. The maximum absolute atomic E-state index is 12.7. The van der Waals surface area contributed by atoms with Crippen LogP contribution in [0.1, 0.15) is 21.5 Å². The number of benzene rings is 1. The summed E-state index contributed by atoms with van der Waals surface area (Å²) < 4.78 is 5.61. The molecule has 0 radical (unpaired) electrons. The minimum atomic E-state index is 0.0149. The van der Waals surface area contributed by atoms with Crippen LogP contribution in [0.15, 0.2) is 42.6 Å². The lowest BCUT2D eigenvalue weighted by Crippen LogP contribution is -2.25. The number of carbonyl (C=O) groups is 1. The smallest absolute Gasteiger partial charge is 0.254 e. The Morgan fingerprint density at radius 1 is 1.22 bits per heavy atom. The monoisotopic (exact) mass is 311 g/mol. The van der Waals surface area contributed by atoms with E-state index in [1.807, 2.05) is 36.0 Å². The number of ether oxygens (including phenoxy) is 1. The summed E-state index contributed by atoms with van der Waals surface area (Å²) in [4.78, 5) is 20.7. The van der Waals surface area contributed by atoms with Gasteiger partial charge in [-0.2, -0.15) is 0 Å². The second kappa shape index (κ2) is 6.79. The van der Waals surface area contributed by atoms with Crippen molar-refractivity contribution in [3.63, 3.8) is 0 Å². The molecule has 1 aromatic carbocycles. The number of amides is 1. The highest BCUT2D eigenvalue weighted by Gasteiger charge is 2.24. The van der Waals surface area contributed by atoms with E-state index in [-0.39, 0.29) is 5.91 Å². The van der Waals surface area contributed by atoms with Gasteiger partial charge < -0.3 is 14.5 Å². The van der Waals surface area contributed by atoms with Crippen molar-refractivity contribution in [2.24, 2.45) is 0 Å². The average Bonchev–Trinajstić information content (AvgIpc) is 2.98. The summed E-state index contributed by atoms with van der Waals surface area (Å²) in [6.45, 7) is 2.68. The van der Waals surface area contributed by atoms with Gasteiger partial charge in [0.2, 0.25) is 5.88 Å². The van der Waals surface area contributed by atoms with Crippen LogP contribution in [0.5, 0.6) is 5.88 Å². The predicted octanol–water partition coefficient (Wildman–Crippen LogP) is 2.18. The third kappa shape index (κ3) is 3.68. The molecule has 5 heteroatoms. The van der Waals surface area contributed by atoms with Gasteiger partial charge in [0, 0.05) is 37.5 Å². The number of hydrogen-bond acceptors (Lipinski definition) is 4. The molecule has 1 aliphatic heterocycles. The molecule has 0 unspecified atom stereocenters. The first-order chi connectivity index (χ1) is 11.1. The van der Waals surface area contributed by atoms with Crippen molar-refractivity contribution in [1.29, 1.82) is 0 Å². The highest BCUT2D eigenvalue weighted by molar-refractivity contribution is 5.94. The summed E-state index contributed by atoms with van der Waals surface area (Å²) in [5, 5.41) is 0. The summed E-state index contributed by atoms with van der Waals surface area (Å²) >= 11 is 0. The molecule has 3 rings (SSSR count). The third-order valence-corrected chi connectivity index (χ3v) is 3.90. The van der Waals surface area contributed by atoms with Crippen molar-refractivity contribution in [3.05, 3.63) is 59.3 Å². The Labute approximate surface area is 136 Å². The van der Waals surface area contributed by atoms with E-state index in [0.717, 1.165) is 6.54 Å². The van der Waals surface area contributed by atoms with E-state index in [9.17, 15) is 4.79 Å². The Morgan fingerprint density at radius 2 is 1.91 bits per heavy atom. The maximum atomic E-state index is 12.7. The fourth-order valence-corrected chi connectivity index (χ4v) is 2.61. The van der Waals surface area contributed by atoms with E-state index in [4.69, 9.17) is 4.74 Å². The molecule has 23 heavy (non-hydrogen) atoms. The second-order valence-corrected chi connectivity index (χ2v) is 5.96. The van der Waals surface area contributed by atoms with E-state index < -0.39 is 0 Å². The molecular formula is C18H21N3O2. The van der Waals surface area contributed by atoms with Crippen LogP contribution in [0.4, 0.5) is 0 Å². The van der Waals surface area contributed by atoms with Gasteiger partial charge in [0.25, 0.3) is 5.91 Å². The van der Waals surface area contributed by atoms with Gasteiger partial charge in [-0.15, -0.1) is 0 Å². The number of pyridine rings is 1. The molecule has 0 saturated heterocycles. The summed E-state index contributed by atoms with van der Waals surface area (Å²) in [5.74, 6) is 0.510. The van der Waals surface area contributed by atoms with Crippen LogP contribution >= 0.6 is 0 Å². The Kier molecular flexibility index (Phi) is 4.57.